The Morgan fingerprint density at radius 3 is 2.59 bits per heavy atom. The van der Waals surface area contributed by atoms with E-state index in [1.807, 2.05) is 0 Å². The van der Waals surface area contributed by atoms with E-state index in [1.54, 1.807) is 13.8 Å². The van der Waals surface area contributed by atoms with Crippen LogP contribution in [-0.4, -0.2) is 44.3 Å². The molecule has 17 heavy (non-hydrogen) atoms. The molecular formula is C10H21N3O3S. The highest BCUT2D eigenvalue weighted by molar-refractivity contribution is 7.87. The second kappa shape index (κ2) is 6.32. The van der Waals surface area contributed by atoms with E-state index >= 15 is 0 Å². The molecule has 7 heteroatoms. The first-order valence-corrected chi connectivity index (χ1v) is 7.50. The van der Waals surface area contributed by atoms with Crippen molar-refractivity contribution >= 4 is 16.1 Å². The summed E-state index contributed by atoms with van der Waals surface area (Å²) < 4.78 is 27.7. The zero-order chi connectivity index (χ0) is 12.9. The maximum Gasteiger partial charge on any atom is 0.280 e. The van der Waals surface area contributed by atoms with Gasteiger partial charge in [0.15, 0.2) is 0 Å². The van der Waals surface area contributed by atoms with E-state index in [0.717, 1.165) is 12.8 Å². The van der Waals surface area contributed by atoms with Gasteiger partial charge in [0.25, 0.3) is 10.2 Å². The van der Waals surface area contributed by atoms with Crippen LogP contribution in [-0.2, 0) is 15.0 Å². The summed E-state index contributed by atoms with van der Waals surface area (Å²) in [4.78, 5) is 11.6. The van der Waals surface area contributed by atoms with Gasteiger partial charge in [-0.15, -0.1) is 0 Å². The Morgan fingerprint density at radius 2 is 2.00 bits per heavy atom. The molecule has 1 aliphatic rings. The topological polar surface area (TPSA) is 78.5 Å². The minimum atomic E-state index is -3.55. The van der Waals surface area contributed by atoms with E-state index in [0.29, 0.717) is 26.1 Å². The van der Waals surface area contributed by atoms with Crippen LogP contribution in [0.4, 0.5) is 0 Å². The van der Waals surface area contributed by atoms with Gasteiger partial charge in [0.05, 0.1) is 0 Å². The summed E-state index contributed by atoms with van der Waals surface area (Å²) in [6.07, 6.45) is 2.31. The molecule has 1 aliphatic heterocycles. The van der Waals surface area contributed by atoms with Crippen LogP contribution in [0, 0.1) is 0 Å². The van der Waals surface area contributed by atoms with Gasteiger partial charge in [0, 0.05) is 19.6 Å². The molecule has 6 nitrogen and oxygen atoms in total. The van der Waals surface area contributed by atoms with Gasteiger partial charge >= 0.3 is 0 Å². The largest absolute Gasteiger partial charge is 0.355 e. The fourth-order valence-electron chi connectivity index (χ4n) is 1.87. The number of hydrogen-bond donors (Lipinski definition) is 2. The predicted molar refractivity (Wildman–Crippen MR) is 65.6 cm³/mol. The van der Waals surface area contributed by atoms with Gasteiger partial charge < -0.3 is 5.32 Å². The van der Waals surface area contributed by atoms with Crippen molar-refractivity contribution in [3.05, 3.63) is 0 Å². The molecule has 1 amide bonds. The Morgan fingerprint density at radius 1 is 1.35 bits per heavy atom. The van der Waals surface area contributed by atoms with Crippen molar-refractivity contribution in [2.75, 3.05) is 19.6 Å². The molecule has 0 bridgehead atoms. The molecule has 0 saturated carbocycles. The number of amides is 1. The smallest absolute Gasteiger partial charge is 0.280 e. The first kappa shape index (κ1) is 14.4. The molecule has 100 valence electrons. The van der Waals surface area contributed by atoms with E-state index in [2.05, 4.69) is 10.0 Å². The normalized spacial score (nSPS) is 22.3. The van der Waals surface area contributed by atoms with E-state index in [9.17, 15) is 13.2 Å². The minimum absolute atomic E-state index is 0.224. The number of rotatable bonds is 5. The van der Waals surface area contributed by atoms with E-state index in [4.69, 9.17) is 0 Å². The highest BCUT2D eigenvalue weighted by atomic mass is 32.2. The van der Waals surface area contributed by atoms with Crippen molar-refractivity contribution in [2.24, 2.45) is 0 Å². The quantitative estimate of drug-likeness (QED) is 0.723. The minimum Gasteiger partial charge on any atom is -0.355 e. The summed E-state index contributed by atoms with van der Waals surface area (Å²) in [7, 11) is -3.55. The molecule has 1 heterocycles. The van der Waals surface area contributed by atoms with Crippen LogP contribution in [0.2, 0.25) is 0 Å². The van der Waals surface area contributed by atoms with Gasteiger partial charge in [-0.1, -0.05) is 13.8 Å². The van der Waals surface area contributed by atoms with Crippen LogP contribution in [0.15, 0.2) is 0 Å². The van der Waals surface area contributed by atoms with Crippen LogP contribution < -0.4 is 10.0 Å². The van der Waals surface area contributed by atoms with Crippen LogP contribution in [0.5, 0.6) is 0 Å². The van der Waals surface area contributed by atoms with Crippen LogP contribution in [0.3, 0.4) is 0 Å². The molecule has 1 fully saturated rings. The summed E-state index contributed by atoms with van der Waals surface area (Å²) in [6.45, 7) is 4.98. The number of nitrogens with zero attached hydrogens (tertiary/aromatic N) is 1. The zero-order valence-corrected chi connectivity index (χ0v) is 11.2. The van der Waals surface area contributed by atoms with Crippen molar-refractivity contribution in [3.63, 3.8) is 0 Å². The predicted octanol–water partition coefficient (Wildman–Crippen LogP) is -0.169. The lowest BCUT2D eigenvalue weighted by atomic mass is 10.1. The Labute approximate surface area is 103 Å². The second-order valence-corrected chi connectivity index (χ2v) is 5.75. The summed E-state index contributed by atoms with van der Waals surface area (Å²) in [6, 6.07) is -0.636. The third-order valence-electron chi connectivity index (χ3n) is 2.87. The first-order valence-electron chi connectivity index (χ1n) is 6.06. The first-order chi connectivity index (χ1) is 8.01. The number of nitrogens with one attached hydrogen (secondary N) is 2. The van der Waals surface area contributed by atoms with Gasteiger partial charge in [-0.2, -0.15) is 17.4 Å². The Hall–Kier alpha value is -0.660. The molecule has 1 atom stereocenters. The van der Waals surface area contributed by atoms with E-state index < -0.39 is 16.3 Å². The lowest BCUT2D eigenvalue weighted by Crippen LogP contribution is -2.50. The molecule has 0 aliphatic carbocycles. The maximum atomic E-state index is 12.0. The van der Waals surface area contributed by atoms with Crippen molar-refractivity contribution in [1.82, 2.24) is 14.3 Å². The standard InChI is InChI=1S/C10H21N3O3S/c1-3-13(4-2)17(15,16)12-9-7-5-6-8-11-10(9)14/h9,12H,3-8H2,1-2H3,(H,11,14)/t9-/m1/s1. The molecule has 2 N–H and O–H groups in total. The molecule has 0 radical (unpaired) electrons. The van der Waals surface area contributed by atoms with Gasteiger partial charge in [-0.05, 0) is 19.3 Å². The van der Waals surface area contributed by atoms with Crippen LogP contribution >= 0.6 is 0 Å². The second-order valence-electron chi connectivity index (χ2n) is 4.05. The average molecular weight is 263 g/mol. The summed E-state index contributed by atoms with van der Waals surface area (Å²) in [5.41, 5.74) is 0. The fourth-order valence-corrected chi connectivity index (χ4v) is 3.28. The van der Waals surface area contributed by atoms with Crippen molar-refractivity contribution in [3.8, 4) is 0 Å². The lowest BCUT2D eigenvalue weighted by molar-refractivity contribution is -0.122. The molecule has 0 aromatic carbocycles. The third-order valence-corrected chi connectivity index (χ3v) is 4.65. The van der Waals surface area contributed by atoms with Gasteiger partial charge in [0.2, 0.25) is 5.91 Å². The third kappa shape index (κ3) is 3.93. The average Bonchev–Trinajstić information content (AvgIpc) is 2.45. The van der Waals surface area contributed by atoms with Crippen molar-refractivity contribution in [2.45, 2.75) is 39.2 Å². The Kier molecular flexibility index (Phi) is 5.35. The summed E-state index contributed by atoms with van der Waals surface area (Å²) >= 11 is 0. The van der Waals surface area contributed by atoms with E-state index in [1.165, 1.54) is 4.31 Å². The van der Waals surface area contributed by atoms with Gasteiger partial charge in [0.1, 0.15) is 6.04 Å². The maximum absolute atomic E-state index is 12.0. The molecule has 0 spiro atoms. The molecule has 1 rings (SSSR count). The Bertz CT molecular complexity index is 352. The molecule has 0 aromatic rings. The molecule has 0 unspecified atom stereocenters. The zero-order valence-electron chi connectivity index (χ0n) is 10.4. The van der Waals surface area contributed by atoms with Crippen LogP contribution in [0.25, 0.3) is 0 Å². The highest BCUT2D eigenvalue weighted by Gasteiger charge is 2.28. The molecule has 0 aromatic heterocycles. The lowest BCUT2D eigenvalue weighted by Gasteiger charge is -2.22. The molecular weight excluding hydrogens is 242 g/mol. The highest BCUT2D eigenvalue weighted by Crippen LogP contribution is 2.08. The summed E-state index contributed by atoms with van der Waals surface area (Å²) in [5.74, 6) is -0.224. The van der Waals surface area contributed by atoms with E-state index in [-0.39, 0.29) is 5.91 Å². The van der Waals surface area contributed by atoms with Crippen molar-refractivity contribution in [1.29, 1.82) is 0 Å². The van der Waals surface area contributed by atoms with Crippen molar-refractivity contribution < 1.29 is 13.2 Å². The monoisotopic (exact) mass is 263 g/mol. The Balaban J connectivity index is 2.71. The number of carbonyl (C=O) groups is 1. The fraction of sp³-hybridized carbons (Fsp3) is 0.900. The molecule has 1 saturated heterocycles. The van der Waals surface area contributed by atoms with Gasteiger partial charge in [-0.25, -0.2) is 0 Å². The number of carbonyl (C=O) groups excluding carboxylic acids is 1. The summed E-state index contributed by atoms with van der Waals surface area (Å²) in [5, 5.41) is 2.71. The SMILES string of the molecule is CCN(CC)S(=O)(=O)N[C@@H]1CCCCNC1=O. The number of hydrogen-bond acceptors (Lipinski definition) is 3. The van der Waals surface area contributed by atoms with Crippen LogP contribution in [0.1, 0.15) is 33.1 Å². The van der Waals surface area contributed by atoms with Gasteiger partial charge in [-0.3, -0.25) is 4.79 Å².